The lowest BCUT2D eigenvalue weighted by molar-refractivity contribution is 0.270. The Kier molecular flexibility index (Phi) is 5.26. The van der Waals surface area contributed by atoms with Crippen LogP contribution in [0.2, 0.25) is 0 Å². The first-order valence-electron chi connectivity index (χ1n) is 6.76. The minimum atomic E-state index is 0.451. The highest BCUT2D eigenvalue weighted by Gasteiger charge is 2.06. The maximum absolute atomic E-state index is 5.79. The predicted octanol–water partition coefficient (Wildman–Crippen LogP) is 4.35. The van der Waals surface area contributed by atoms with Gasteiger partial charge in [-0.3, -0.25) is 0 Å². The maximum Gasteiger partial charge on any atom is 0.146 e. The van der Waals surface area contributed by atoms with E-state index in [-0.39, 0.29) is 0 Å². The van der Waals surface area contributed by atoms with E-state index in [1.165, 1.54) is 11.1 Å². The lowest BCUT2D eigenvalue weighted by Gasteiger charge is -2.09. The highest BCUT2D eigenvalue weighted by molar-refractivity contribution is 9.10. The van der Waals surface area contributed by atoms with Gasteiger partial charge in [0.15, 0.2) is 0 Å². The first kappa shape index (κ1) is 15.1. The molecule has 0 aliphatic rings. The third kappa shape index (κ3) is 3.87. The van der Waals surface area contributed by atoms with Gasteiger partial charge in [-0.1, -0.05) is 22.9 Å². The maximum atomic E-state index is 5.79. The van der Waals surface area contributed by atoms with E-state index in [1.807, 2.05) is 18.2 Å². The average molecular weight is 338 g/mol. The van der Waals surface area contributed by atoms with Crippen LogP contribution in [0.1, 0.15) is 29.4 Å². The van der Waals surface area contributed by atoms with E-state index in [4.69, 9.17) is 9.15 Å². The van der Waals surface area contributed by atoms with Crippen molar-refractivity contribution in [2.24, 2.45) is 0 Å². The largest absolute Gasteiger partial charge is 0.486 e. The van der Waals surface area contributed by atoms with Crippen LogP contribution in [0.3, 0.4) is 0 Å². The summed E-state index contributed by atoms with van der Waals surface area (Å²) < 4.78 is 12.4. The molecule has 20 heavy (non-hydrogen) atoms. The van der Waals surface area contributed by atoms with Crippen molar-refractivity contribution in [1.82, 2.24) is 5.32 Å². The number of hydrogen-bond donors (Lipinski definition) is 1. The van der Waals surface area contributed by atoms with Crippen molar-refractivity contribution in [3.63, 3.8) is 0 Å². The summed E-state index contributed by atoms with van der Waals surface area (Å²) in [5.41, 5.74) is 3.49. The van der Waals surface area contributed by atoms with Gasteiger partial charge >= 0.3 is 0 Å². The number of nitrogens with one attached hydrogen (secondary N) is 1. The molecule has 0 aliphatic carbocycles. The summed E-state index contributed by atoms with van der Waals surface area (Å²) in [4.78, 5) is 0. The van der Waals surface area contributed by atoms with Crippen molar-refractivity contribution >= 4 is 15.9 Å². The molecule has 4 heteroatoms. The van der Waals surface area contributed by atoms with E-state index >= 15 is 0 Å². The van der Waals surface area contributed by atoms with Gasteiger partial charge in [0.25, 0.3) is 0 Å². The van der Waals surface area contributed by atoms with Crippen molar-refractivity contribution in [3.8, 4) is 5.75 Å². The molecule has 0 bridgehead atoms. The highest BCUT2D eigenvalue weighted by Crippen LogP contribution is 2.26. The summed E-state index contributed by atoms with van der Waals surface area (Å²) in [5.74, 6) is 1.71. The van der Waals surface area contributed by atoms with E-state index in [0.717, 1.165) is 34.6 Å². The zero-order chi connectivity index (χ0) is 14.5. The molecule has 3 nitrogen and oxygen atoms in total. The number of halogens is 1. The fourth-order valence-electron chi connectivity index (χ4n) is 2.01. The summed E-state index contributed by atoms with van der Waals surface area (Å²) in [6.45, 7) is 8.44. The normalized spacial score (nSPS) is 10.8. The second kappa shape index (κ2) is 6.95. The fraction of sp³-hybridized carbons (Fsp3) is 0.375. The molecule has 0 unspecified atom stereocenters. The Balaban J connectivity index is 1.96. The number of aryl methyl sites for hydroxylation is 2. The number of hydrogen-bond acceptors (Lipinski definition) is 3. The molecule has 1 aromatic heterocycles. The molecular formula is C16H20BrNO2. The Morgan fingerprint density at radius 3 is 2.55 bits per heavy atom. The summed E-state index contributed by atoms with van der Waals surface area (Å²) in [7, 11) is 0. The number of rotatable bonds is 6. The Morgan fingerprint density at radius 1 is 1.20 bits per heavy atom. The molecule has 0 saturated heterocycles. The van der Waals surface area contributed by atoms with Crippen molar-refractivity contribution < 1.29 is 9.15 Å². The van der Waals surface area contributed by atoms with E-state index in [9.17, 15) is 0 Å². The van der Waals surface area contributed by atoms with Gasteiger partial charge in [0.05, 0.1) is 6.26 Å². The molecule has 2 aromatic rings. The number of benzene rings is 1. The molecule has 108 valence electrons. The molecule has 0 aliphatic heterocycles. The van der Waals surface area contributed by atoms with Gasteiger partial charge in [0.2, 0.25) is 0 Å². The van der Waals surface area contributed by atoms with Crippen LogP contribution in [-0.2, 0) is 13.2 Å². The smallest absolute Gasteiger partial charge is 0.146 e. The van der Waals surface area contributed by atoms with Gasteiger partial charge < -0.3 is 14.5 Å². The Hall–Kier alpha value is -1.26. The second-order valence-corrected chi connectivity index (χ2v) is 5.65. The van der Waals surface area contributed by atoms with Gasteiger partial charge in [-0.15, -0.1) is 0 Å². The number of furan rings is 1. The molecule has 0 fully saturated rings. The van der Waals surface area contributed by atoms with Gasteiger partial charge in [-0.2, -0.15) is 0 Å². The Labute approximate surface area is 128 Å². The van der Waals surface area contributed by atoms with Crippen molar-refractivity contribution in [2.75, 3.05) is 6.54 Å². The zero-order valence-electron chi connectivity index (χ0n) is 12.1. The second-order valence-electron chi connectivity index (χ2n) is 4.86. The SMILES string of the molecule is CCNCc1coc(COc2cc(C)c(Br)c(C)c2)c1. The minimum absolute atomic E-state index is 0.451. The van der Waals surface area contributed by atoms with Crippen molar-refractivity contribution in [1.29, 1.82) is 0 Å². The molecule has 0 spiro atoms. The van der Waals surface area contributed by atoms with Crippen LogP contribution in [0.25, 0.3) is 0 Å². The third-order valence-electron chi connectivity index (χ3n) is 3.08. The molecule has 1 N–H and O–H groups in total. The van der Waals surface area contributed by atoms with Crippen LogP contribution in [0.5, 0.6) is 5.75 Å². The first-order valence-corrected chi connectivity index (χ1v) is 7.56. The molecule has 1 heterocycles. The third-order valence-corrected chi connectivity index (χ3v) is 4.33. The van der Waals surface area contributed by atoms with E-state index < -0.39 is 0 Å². The van der Waals surface area contributed by atoms with Crippen LogP contribution < -0.4 is 10.1 Å². The molecule has 0 atom stereocenters. The fourth-order valence-corrected chi connectivity index (χ4v) is 2.24. The molecule has 0 saturated carbocycles. The zero-order valence-corrected chi connectivity index (χ0v) is 13.7. The standard InChI is InChI=1S/C16H20BrNO2/c1-4-18-8-13-7-15(19-9-13)10-20-14-5-11(2)16(17)12(3)6-14/h5-7,9,18H,4,8,10H2,1-3H3. The minimum Gasteiger partial charge on any atom is -0.486 e. The summed E-state index contributed by atoms with van der Waals surface area (Å²) in [5, 5.41) is 3.27. The predicted molar refractivity (Wildman–Crippen MR) is 84.0 cm³/mol. The lowest BCUT2D eigenvalue weighted by Crippen LogP contribution is -2.10. The van der Waals surface area contributed by atoms with E-state index in [1.54, 1.807) is 6.26 Å². The first-order chi connectivity index (χ1) is 9.60. The molecule has 0 amide bonds. The number of ether oxygens (including phenoxy) is 1. The molecule has 0 radical (unpaired) electrons. The van der Waals surface area contributed by atoms with Crippen LogP contribution in [0, 0.1) is 13.8 Å². The lowest BCUT2D eigenvalue weighted by atomic mass is 10.1. The highest BCUT2D eigenvalue weighted by atomic mass is 79.9. The molecule has 1 aromatic carbocycles. The Morgan fingerprint density at radius 2 is 1.90 bits per heavy atom. The van der Waals surface area contributed by atoms with Gasteiger partial charge in [0.1, 0.15) is 18.1 Å². The van der Waals surface area contributed by atoms with E-state index in [2.05, 4.69) is 42.0 Å². The summed E-state index contributed by atoms with van der Waals surface area (Å²) >= 11 is 3.56. The van der Waals surface area contributed by atoms with Gasteiger partial charge in [-0.05, 0) is 49.7 Å². The quantitative estimate of drug-likeness (QED) is 0.850. The average Bonchev–Trinajstić information content (AvgIpc) is 2.88. The Bertz CT molecular complexity index is 555. The summed E-state index contributed by atoms with van der Waals surface area (Å²) in [6, 6.07) is 6.08. The molecule has 2 rings (SSSR count). The van der Waals surface area contributed by atoms with E-state index in [0.29, 0.717) is 6.61 Å². The summed E-state index contributed by atoms with van der Waals surface area (Å²) in [6.07, 6.45) is 1.78. The van der Waals surface area contributed by atoms with Crippen LogP contribution in [-0.4, -0.2) is 6.54 Å². The van der Waals surface area contributed by atoms with Crippen molar-refractivity contribution in [3.05, 3.63) is 51.4 Å². The van der Waals surface area contributed by atoms with Crippen molar-refractivity contribution in [2.45, 2.75) is 33.9 Å². The molecular weight excluding hydrogens is 318 g/mol. The van der Waals surface area contributed by atoms with Gasteiger partial charge in [-0.25, -0.2) is 0 Å². The van der Waals surface area contributed by atoms with Crippen LogP contribution in [0.4, 0.5) is 0 Å². The van der Waals surface area contributed by atoms with Gasteiger partial charge in [0, 0.05) is 16.6 Å². The monoisotopic (exact) mass is 337 g/mol. The topological polar surface area (TPSA) is 34.4 Å². The van der Waals surface area contributed by atoms with Crippen LogP contribution >= 0.6 is 15.9 Å². The van der Waals surface area contributed by atoms with Crippen LogP contribution in [0.15, 0.2) is 33.4 Å².